The van der Waals surface area contributed by atoms with Gasteiger partial charge in [-0.3, -0.25) is 4.79 Å². The number of hydrogen-bond acceptors (Lipinski definition) is 3. The van der Waals surface area contributed by atoms with Gasteiger partial charge in [0.15, 0.2) is 0 Å². The zero-order valence-electron chi connectivity index (χ0n) is 19.1. The second-order valence-corrected chi connectivity index (χ2v) is 9.10. The van der Waals surface area contributed by atoms with E-state index in [1.165, 1.54) is 4.90 Å². The van der Waals surface area contributed by atoms with Gasteiger partial charge >= 0.3 is 6.03 Å². The molecule has 0 unspecified atom stereocenters. The smallest absolute Gasteiger partial charge is 0.322 e. The summed E-state index contributed by atoms with van der Waals surface area (Å²) in [5.41, 5.74) is 1.55. The molecule has 2 aliphatic rings. The van der Waals surface area contributed by atoms with Gasteiger partial charge in [-0.25, -0.2) is 13.6 Å². The molecule has 2 aliphatic heterocycles. The Bertz CT molecular complexity index is 1140. The van der Waals surface area contributed by atoms with Crippen molar-refractivity contribution in [2.45, 2.75) is 38.3 Å². The monoisotopic (exact) mass is 467 g/mol. The minimum Gasteiger partial charge on any atom is -0.394 e. The van der Waals surface area contributed by atoms with Crippen LogP contribution in [0.25, 0.3) is 0 Å². The molecule has 0 spiro atoms. The SMILES string of the molecule is CC(C)CC#Cc1ccc([C@@H]2[C@H]3CN(C(=O)Nc4cc(F)ccc4F)CC(=O)N3[C@H]2CO)cc1. The summed E-state index contributed by atoms with van der Waals surface area (Å²) in [6.45, 7) is 4.04. The third-order valence-electron chi connectivity index (χ3n) is 6.25. The van der Waals surface area contributed by atoms with E-state index >= 15 is 0 Å². The van der Waals surface area contributed by atoms with Crippen LogP contribution >= 0.6 is 0 Å². The van der Waals surface area contributed by atoms with Gasteiger partial charge in [0.25, 0.3) is 0 Å². The second kappa shape index (κ2) is 9.82. The summed E-state index contributed by atoms with van der Waals surface area (Å²) in [7, 11) is 0. The molecule has 34 heavy (non-hydrogen) atoms. The Morgan fingerprint density at radius 1 is 1.21 bits per heavy atom. The van der Waals surface area contributed by atoms with E-state index in [0.29, 0.717) is 5.92 Å². The van der Waals surface area contributed by atoms with Crippen molar-refractivity contribution in [3.8, 4) is 11.8 Å². The molecule has 4 rings (SSSR count). The average Bonchev–Trinajstić information content (AvgIpc) is 2.78. The van der Waals surface area contributed by atoms with Crippen LogP contribution in [-0.2, 0) is 4.79 Å². The van der Waals surface area contributed by atoms with Crippen LogP contribution < -0.4 is 5.32 Å². The summed E-state index contributed by atoms with van der Waals surface area (Å²) in [5.74, 6) is 4.89. The molecule has 2 aromatic rings. The largest absolute Gasteiger partial charge is 0.394 e. The van der Waals surface area contributed by atoms with Gasteiger partial charge in [-0.15, -0.1) is 0 Å². The minimum atomic E-state index is -0.766. The number of fused-ring (bicyclic) bond motifs is 1. The van der Waals surface area contributed by atoms with Crippen molar-refractivity contribution in [3.05, 3.63) is 65.2 Å². The highest BCUT2D eigenvalue weighted by molar-refractivity contribution is 5.94. The number of aliphatic hydroxyl groups is 1. The number of piperazine rings is 1. The predicted octanol–water partition coefficient (Wildman–Crippen LogP) is 3.57. The van der Waals surface area contributed by atoms with Gasteiger partial charge in [-0.1, -0.05) is 37.8 Å². The fourth-order valence-electron chi connectivity index (χ4n) is 4.59. The molecular formula is C26H27F2N3O3. The highest BCUT2D eigenvalue weighted by Gasteiger charge is 2.54. The standard InChI is InChI=1S/C26H27F2N3O3/c1-16(2)4-3-5-17-6-8-18(9-7-17)25-22-13-30(14-24(33)31(22)23(25)15-32)26(34)29-21-12-19(27)10-11-20(21)28/h6-12,16,22-23,25,32H,4,13-15H2,1-2H3,(H,29,34)/t22-,23+,25-/m1/s1. The number of amides is 3. The van der Waals surface area contributed by atoms with E-state index in [9.17, 15) is 23.5 Å². The number of nitrogens with one attached hydrogen (secondary N) is 1. The lowest BCUT2D eigenvalue weighted by Gasteiger charge is -2.58. The molecule has 2 aromatic carbocycles. The Kier molecular flexibility index (Phi) is 6.85. The Hall–Kier alpha value is -3.44. The summed E-state index contributed by atoms with van der Waals surface area (Å²) < 4.78 is 27.4. The summed E-state index contributed by atoms with van der Waals surface area (Å²) >= 11 is 0. The van der Waals surface area contributed by atoms with Crippen LogP contribution in [0.5, 0.6) is 0 Å². The van der Waals surface area contributed by atoms with Crippen LogP contribution in [0, 0.1) is 29.4 Å². The molecular weight excluding hydrogens is 440 g/mol. The summed E-state index contributed by atoms with van der Waals surface area (Å²) in [6.07, 6.45) is 0.813. The van der Waals surface area contributed by atoms with Gasteiger partial charge in [-0.05, 0) is 35.7 Å². The number of hydrogen-bond donors (Lipinski definition) is 2. The molecule has 0 aliphatic carbocycles. The lowest BCUT2D eigenvalue weighted by Crippen LogP contribution is -2.73. The maximum Gasteiger partial charge on any atom is 0.322 e. The van der Waals surface area contributed by atoms with Crippen LogP contribution in [-0.4, -0.2) is 58.6 Å². The van der Waals surface area contributed by atoms with Gasteiger partial charge in [0.1, 0.15) is 18.2 Å². The van der Waals surface area contributed by atoms with E-state index in [4.69, 9.17) is 0 Å². The second-order valence-electron chi connectivity index (χ2n) is 9.10. The quantitative estimate of drug-likeness (QED) is 0.676. The van der Waals surface area contributed by atoms with Crippen LogP contribution in [0.4, 0.5) is 19.3 Å². The van der Waals surface area contributed by atoms with Crippen molar-refractivity contribution in [1.82, 2.24) is 9.80 Å². The van der Waals surface area contributed by atoms with Crippen molar-refractivity contribution in [2.24, 2.45) is 5.92 Å². The fraction of sp³-hybridized carbons (Fsp3) is 0.385. The number of halogens is 2. The highest BCUT2D eigenvalue weighted by atomic mass is 19.1. The highest BCUT2D eigenvalue weighted by Crippen LogP contribution is 2.43. The van der Waals surface area contributed by atoms with Crippen molar-refractivity contribution in [3.63, 3.8) is 0 Å². The van der Waals surface area contributed by atoms with Crippen LogP contribution in [0.2, 0.25) is 0 Å². The van der Waals surface area contributed by atoms with E-state index in [-0.39, 0.29) is 49.3 Å². The first-order valence-corrected chi connectivity index (χ1v) is 11.3. The first-order chi connectivity index (χ1) is 16.3. The zero-order chi connectivity index (χ0) is 24.4. The number of benzene rings is 2. The van der Waals surface area contributed by atoms with E-state index in [2.05, 4.69) is 31.0 Å². The molecule has 3 atom stereocenters. The number of aliphatic hydroxyl groups excluding tert-OH is 1. The number of carbonyl (C=O) groups excluding carboxylic acids is 2. The molecule has 178 valence electrons. The number of rotatable bonds is 4. The molecule has 0 aromatic heterocycles. The lowest BCUT2D eigenvalue weighted by atomic mass is 9.73. The van der Waals surface area contributed by atoms with E-state index < -0.39 is 17.7 Å². The van der Waals surface area contributed by atoms with E-state index in [1.54, 1.807) is 4.90 Å². The van der Waals surface area contributed by atoms with Crippen LogP contribution in [0.15, 0.2) is 42.5 Å². The van der Waals surface area contributed by atoms with Gasteiger partial charge < -0.3 is 20.2 Å². The molecule has 3 amide bonds. The fourth-order valence-corrected chi connectivity index (χ4v) is 4.59. The Labute approximate surface area is 197 Å². The van der Waals surface area contributed by atoms with Crippen LogP contribution in [0.1, 0.15) is 37.3 Å². The molecule has 6 nitrogen and oxygen atoms in total. The van der Waals surface area contributed by atoms with Crippen LogP contribution in [0.3, 0.4) is 0 Å². The Morgan fingerprint density at radius 2 is 1.94 bits per heavy atom. The molecule has 8 heteroatoms. The number of nitrogens with zero attached hydrogens (tertiary/aromatic N) is 2. The zero-order valence-corrected chi connectivity index (χ0v) is 19.1. The molecule has 2 saturated heterocycles. The lowest BCUT2D eigenvalue weighted by molar-refractivity contribution is -0.159. The summed E-state index contributed by atoms with van der Waals surface area (Å²) in [4.78, 5) is 28.4. The molecule has 2 fully saturated rings. The normalized spacial score (nSPS) is 21.5. The van der Waals surface area contributed by atoms with Crippen molar-refractivity contribution < 1.29 is 23.5 Å². The maximum absolute atomic E-state index is 13.9. The first kappa shape index (κ1) is 23.7. The van der Waals surface area contributed by atoms with E-state index in [0.717, 1.165) is 35.7 Å². The molecule has 2 heterocycles. The van der Waals surface area contributed by atoms with Gasteiger partial charge in [0.05, 0.1) is 24.4 Å². The third-order valence-corrected chi connectivity index (χ3v) is 6.25. The third kappa shape index (κ3) is 4.75. The molecule has 2 N–H and O–H groups in total. The number of anilines is 1. The molecule has 0 bridgehead atoms. The van der Waals surface area contributed by atoms with Crippen molar-refractivity contribution in [1.29, 1.82) is 0 Å². The number of urea groups is 1. The summed E-state index contributed by atoms with van der Waals surface area (Å²) in [5, 5.41) is 12.3. The minimum absolute atomic E-state index is 0.159. The van der Waals surface area contributed by atoms with Gasteiger partial charge in [0.2, 0.25) is 5.91 Å². The Morgan fingerprint density at radius 3 is 2.62 bits per heavy atom. The maximum atomic E-state index is 13.9. The topological polar surface area (TPSA) is 72.9 Å². The molecule has 0 radical (unpaired) electrons. The summed E-state index contributed by atoms with van der Waals surface area (Å²) in [6, 6.07) is 9.13. The van der Waals surface area contributed by atoms with Gasteiger partial charge in [0, 0.05) is 30.5 Å². The Balaban J connectivity index is 1.49. The van der Waals surface area contributed by atoms with Gasteiger partial charge in [-0.2, -0.15) is 0 Å². The van der Waals surface area contributed by atoms with Crippen molar-refractivity contribution >= 4 is 17.6 Å². The number of carbonyl (C=O) groups is 2. The average molecular weight is 468 g/mol. The van der Waals surface area contributed by atoms with E-state index in [1.807, 2.05) is 24.3 Å². The predicted molar refractivity (Wildman–Crippen MR) is 124 cm³/mol. The first-order valence-electron chi connectivity index (χ1n) is 11.3. The molecule has 0 saturated carbocycles. The van der Waals surface area contributed by atoms with Crippen molar-refractivity contribution in [2.75, 3.05) is 25.0 Å².